The topological polar surface area (TPSA) is 50.4 Å². The third-order valence-electron chi connectivity index (χ3n) is 5.13. The number of carbonyl (C=O) groups is 1. The van der Waals surface area contributed by atoms with Crippen LogP contribution in [-0.4, -0.2) is 25.7 Å². The van der Waals surface area contributed by atoms with E-state index < -0.39 is 0 Å². The molecule has 0 saturated carbocycles. The first-order chi connectivity index (χ1) is 14.8. The van der Waals surface area contributed by atoms with Gasteiger partial charge in [0.25, 0.3) is 0 Å². The molecular formula is C26H38N2O2. The molecule has 0 aliphatic carbocycles. The maximum absolute atomic E-state index is 12.0. The molecule has 0 fully saturated rings. The predicted molar refractivity (Wildman–Crippen MR) is 126 cm³/mol. The number of rotatable bonds is 16. The molecule has 0 bridgehead atoms. The summed E-state index contributed by atoms with van der Waals surface area (Å²) in [6.07, 6.45) is 8.13. The van der Waals surface area contributed by atoms with E-state index >= 15 is 0 Å². The molecule has 0 aromatic heterocycles. The van der Waals surface area contributed by atoms with Crippen molar-refractivity contribution in [1.29, 1.82) is 0 Å². The Bertz CT molecular complexity index is 703. The van der Waals surface area contributed by atoms with Gasteiger partial charge < -0.3 is 15.4 Å². The van der Waals surface area contributed by atoms with E-state index in [0.29, 0.717) is 13.0 Å². The number of amides is 1. The molecule has 1 amide bonds. The van der Waals surface area contributed by atoms with E-state index in [1.165, 1.54) is 24.8 Å². The Labute approximate surface area is 182 Å². The molecule has 0 aliphatic heterocycles. The van der Waals surface area contributed by atoms with Crippen LogP contribution in [0.1, 0.15) is 63.0 Å². The Kier molecular flexibility index (Phi) is 12.6. The summed E-state index contributed by atoms with van der Waals surface area (Å²) < 4.78 is 5.82. The molecule has 164 valence electrons. The molecule has 2 aromatic carbocycles. The van der Waals surface area contributed by atoms with Gasteiger partial charge in [-0.05, 0) is 49.4 Å². The quantitative estimate of drug-likeness (QED) is 0.348. The van der Waals surface area contributed by atoms with Crippen LogP contribution in [0, 0.1) is 0 Å². The minimum atomic E-state index is 0.100. The molecule has 0 spiro atoms. The van der Waals surface area contributed by atoms with Gasteiger partial charge in [0.15, 0.2) is 0 Å². The lowest BCUT2D eigenvalue weighted by Crippen LogP contribution is -2.14. The van der Waals surface area contributed by atoms with Crippen LogP contribution in [0.2, 0.25) is 0 Å². The minimum Gasteiger partial charge on any atom is -0.381 e. The van der Waals surface area contributed by atoms with Gasteiger partial charge in [-0.2, -0.15) is 0 Å². The Morgan fingerprint density at radius 2 is 1.63 bits per heavy atom. The molecule has 0 saturated heterocycles. The predicted octanol–water partition coefficient (Wildman–Crippen LogP) is 5.72. The summed E-state index contributed by atoms with van der Waals surface area (Å²) in [6, 6.07) is 18.6. The van der Waals surface area contributed by atoms with Gasteiger partial charge in [-0.1, -0.05) is 74.7 Å². The van der Waals surface area contributed by atoms with Crippen molar-refractivity contribution in [3.63, 3.8) is 0 Å². The average molecular weight is 411 g/mol. The molecule has 0 atom stereocenters. The van der Waals surface area contributed by atoms with Gasteiger partial charge in [0.1, 0.15) is 0 Å². The number of para-hydroxylation sites is 1. The molecule has 4 nitrogen and oxygen atoms in total. The highest BCUT2D eigenvalue weighted by molar-refractivity contribution is 5.91. The number of carbonyl (C=O) groups excluding carboxylic acids is 1. The molecule has 2 aromatic rings. The van der Waals surface area contributed by atoms with Gasteiger partial charge in [0.05, 0.1) is 6.61 Å². The van der Waals surface area contributed by atoms with Gasteiger partial charge in [0.2, 0.25) is 5.91 Å². The van der Waals surface area contributed by atoms with Crippen LogP contribution in [-0.2, 0) is 22.5 Å². The van der Waals surface area contributed by atoms with E-state index in [1.807, 2.05) is 18.2 Å². The summed E-state index contributed by atoms with van der Waals surface area (Å²) in [4.78, 5) is 12.0. The molecular weight excluding hydrogens is 372 g/mol. The maximum atomic E-state index is 12.0. The van der Waals surface area contributed by atoms with Crippen molar-refractivity contribution in [1.82, 2.24) is 5.32 Å². The fourth-order valence-corrected chi connectivity index (χ4v) is 3.33. The van der Waals surface area contributed by atoms with E-state index in [4.69, 9.17) is 4.74 Å². The molecule has 2 rings (SSSR count). The van der Waals surface area contributed by atoms with E-state index in [2.05, 4.69) is 54.0 Å². The second-order valence-corrected chi connectivity index (χ2v) is 7.75. The summed E-state index contributed by atoms with van der Waals surface area (Å²) in [5.41, 5.74) is 3.41. The van der Waals surface area contributed by atoms with Crippen molar-refractivity contribution in [3.05, 3.63) is 65.7 Å². The Balaban J connectivity index is 1.48. The lowest BCUT2D eigenvalue weighted by atomic mass is 10.1. The lowest BCUT2D eigenvalue weighted by molar-refractivity contribution is -0.116. The number of unbranched alkanes of at least 4 members (excludes halogenated alkanes) is 4. The number of benzene rings is 2. The van der Waals surface area contributed by atoms with E-state index in [9.17, 15) is 4.79 Å². The normalized spacial score (nSPS) is 10.8. The summed E-state index contributed by atoms with van der Waals surface area (Å²) >= 11 is 0. The zero-order valence-corrected chi connectivity index (χ0v) is 18.5. The van der Waals surface area contributed by atoms with E-state index in [-0.39, 0.29) is 5.91 Å². The zero-order chi connectivity index (χ0) is 21.3. The van der Waals surface area contributed by atoms with Crippen LogP contribution < -0.4 is 10.6 Å². The number of anilines is 1. The van der Waals surface area contributed by atoms with Crippen LogP contribution in [0.15, 0.2) is 54.6 Å². The Hall–Kier alpha value is -2.17. The minimum absolute atomic E-state index is 0.100. The van der Waals surface area contributed by atoms with Gasteiger partial charge in [-0.15, -0.1) is 0 Å². The average Bonchev–Trinajstić information content (AvgIpc) is 2.77. The number of hydrogen-bond acceptors (Lipinski definition) is 3. The largest absolute Gasteiger partial charge is 0.381 e. The van der Waals surface area contributed by atoms with Crippen molar-refractivity contribution in [3.8, 4) is 0 Å². The van der Waals surface area contributed by atoms with E-state index in [1.54, 1.807) is 0 Å². The monoisotopic (exact) mass is 410 g/mol. The second-order valence-electron chi connectivity index (χ2n) is 7.75. The molecule has 2 N–H and O–H groups in total. The standard InChI is InChI=1S/C26H38N2O2/c1-2-3-17-26(29)28-25-16-10-9-15-24(25)18-21-30-20-12-5-4-11-19-27-22-23-13-7-6-8-14-23/h6-10,13-16,27H,2-5,11-12,17-22H2,1H3,(H,28,29). The number of hydrogen-bond donors (Lipinski definition) is 2. The van der Waals surface area contributed by atoms with Crippen LogP contribution in [0.25, 0.3) is 0 Å². The van der Waals surface area contributed by atoms with Gasteiger partial charge in [-0.25, -0.2) is 0 Å². The third-order valence-corrected chi connectivity index (χ3v) is 5.13. The molecule has 0 unspecified atom stereocenters. The van der Waals surface area contributed by atoms with Crippen molar-refractivity contribution >= 4 is 11.6 Å². The third kappa shape index (κ3) is 10.6. The fraction of sp³-hybridized carbons (Fsp3) is 0.500. The molecule has 4 heteroatoms. The lowest BCUT2D eigenvalue weighted by Gasteiger charge is -2.11. The molecule has 30 heavy (non-hydrogen) atoms. The first kappa shape index (κ1) is 24.1. The first-order valence-electron chi connectivity index (χ1n) is 11.5. The van der Waals surface area contributed by atoms with Gasteiger partial charge in [-0.3, -0.25) is 4.79 Å². The van der Waals surface area contributed by atoms with Crippen molar-refractivity contribution in [2.75, 3.05) is 25.1 Å². The van der Waals surface area contributed by atoms with Crippen LogP contribution >= 0.6 is 0 Å². The fourth-order valence-electron chi connectivity index (χ4n) is 3.33. The van der Waals surface area contributed by atoms with Crippen molar-refractivity contribution in [2.24, 2.45) is 0 Å². The Morgan fingerprint density at radius 3 is 2.47 bits per heavy atom. The van der Waals surface area contributed by atoms with Gasteiger partial charge >= 0.3 is 0 Å². The van der Waals surface area contributed by atoms with Crippen LogP contribution in [0.3, 0.4) is 0 Å². The van der Waals surface area contributed by atoms with Crippen molar-refractivity contribution in [2.45, 2.75) is 64.8 Å². The summed E-state index contributed by atoms with van der Waals surface area (Å²) in [5, 5.41) is 6.54. The highest BCUT2D eigenvalue weighted by atomic mass is 16.5. The summed E-state index contributed by atoms with van der Waals surface area (Å²) in [7, 11) is 0. The Morgan fingerprint density at radius 1 is 0.867 bits per heavy atom. The molecule has 0 aliphatic rings. The number of nitrogens with one attached hydrogen (secondary N) is 2. The SMILES string of the molecule is CCCCC(=O)Nc1ccccc1CCOCCCCCCNCc1ccccc1. The first-order valence-corrected chi connectivity index (χ1v) is 11.5. The van der Waals surface area contributed by atoms with Gasteiger partial charge in [0, 0.05) is 25.3 Å². The van der Waals surface area contributed by atoms with E-state index in [0.717, 1.165) is 56.6 Å². The highest BCUT2D eigenvalue weighted by Gasteiger charge is 2.06. The zero-order valence-electron chi connectivity index (χ0n) is 18.5. The highest BCUT2D eigenvalue weighted by Crippen LogP contribution is 2.16. The smallest absolute Gasteiger partial charge is 0.224 e. The van der Waals surface area contributed by atoms with Crippen LogP contribution in [0.4, 0.5) is 5.69 Å². The molecule has 0 heterocycles. The summed E-state index contributed by atoms with van der Waals surface area (Å²) in [6.45, 7) is 5.62. The van der Waals surface area contributed by atoms with Crippen LogP contribution in [0.5, 0.6) is 0 Å². The second kappa shape index (κ2) is 15.6. The number of ether oxygens (including phenoxy) is 1. The van der Waals surface area contributed by atoms with Crippen molar-refractivity contribution < 1.29 is 9.53 Å². The summed E-state index contributed by atoms with van der Waals surface area (Å²) in [5.74, 6) is 0.100. The maximum Gasteiger partial charge on any atom is 0.224 e. The molecule has 0 radical (unpaired) electrons.